The second-order valence-electron chi connectivity index (χ2n) is 6.64. The zero-order chi connectivity index (χ0) is 16.8. The second-order valence-corrected chi connectivity index (χ2v) is 7.20. The Morgan fingerprint density at radius 1 is 0.957 bits per heavy atom. The number of hydrogen-bond donors (Lipinski definition) is 1. The zero-order valence-electron chi connectivity index (χ0n) is 15.0. The second kappa shape index (κ2) is 13.0. The van der Waals surface area contributed by atoms with Gasteiger partial charge in [-0.1, -0.05) is 98.6 Å². The van der Waals surface area contributed by atoms with Crippen molar-refractivity contribution in [1.29, 1.82) is 0 Å². The van der Waals surface area contributed by atoms with E-state index in [4.69, 9.17) is 4.84 Å². The lowest BCUT2D eigenvalue weighted by Crippen LogP contribution is -2.36. The highest BCUT2D eigenvalue weighted by atomic mass is 79.9. The third-order valence-corrected chi connectivity index (χ3v) is 5.73. The van der Waals surface area contributed by atoms with Crippen molar-refractivity contribution in [3.63, 3.8) is 0 Å². The van der Waals surface area contributed by atoms with Gasteiger partial charge in [0.2, 0.25) is 0 Å². The number of alkyl halides is 1. The minimum Gasteiger partial charge on any atom is -0.297 e. The molecule has 0 aromatic heterocycles. The molecule has 0 saturated heterocycles. The molecule has 1 aromatic carbocycles. The number of hydroxylamine groups is 1. The first-order valence-corrected chi connectivity index (χ1v) is 10.3. The highest BCUT2D eigenvalue weighted by Crippen LogP contribution is 2.33. The molecule has 0 unspecified atom stereocenters. The van der Waals surface area contributed by atoms with Crippen LogP contribution in [0.1, 0.15) is 70.8 Å². The summed E-state index contributed by atoms with van der Waals surface area (Å²) in [7, 11) is 0. The molecule has 2 nitrogen and oxygen atoms in total. The van der Waals surface area contributed by atoms with E-state index in [1.807, 2.05) is 6.07 Å². The summed E-state index contributed by atoms with van der Waals surface area (Å²) in [5.41, 5.74) is 4.78. The van der Waals surface area contributed by atoms with Crippen LogP contribution in [-0.2, 0) is 11.4 Å². The van der Waals surface area contributed by atoms with E-state index in [9.17, 15) is 0 Å². The number of benzene rings is 1. The first-order chi connectivity index (χ1) is 11.3. The molecular formula is C20H34BrNO. The van der Waals surface area contributed by atoms with Crippen LogP contribution in [0.15, 0.2) is 30.3 Å². The van der Waals surface area contributed by atoms with Gasteiger partial charge in [0.15, 0.2) is 0 Å². The Bertz CT molecular complexity index is 372. The van der Waals surface area contributed by atoms with E-state index < -0.39 is 0 Å². The molecule has 1 N–H and O–H groups in total. The van der Waals surface area contributed by atoms with Gasteiger partial charge in [0.25, 0.3) is 0 Å². The Hall–Kier alpha value is -0.380. The van der Waals surface area contributed by atoms with Gasteiger partial charge < -0.3 is 0 Å². The first-order valence-electron chi connectivity index (χ1n) is 9.21. The SMILES string of the molecule is CCCCCC(CBr)(CCCCC)CNOCc1ccccc1. The van der Waals surface area contributed by atoms with Crippen molar-refractivity contribution >= 4 is 15.9 Å². The molecule has 3 heteroatoms. The molecule has 1 rings (SSSR count). The van der Waals surface area contributed by atoms with E-state index >= 15 is 0 Å². The van der Waals surface area contributed by atoms with Gasteiger partial charge in [0.05, 0.1) is 6.61 Å². The minimum absolute atomic E-state index is 0.320. The normalized spacial score (nSPS) is 11.8. The molecule has 0 aliphatic carbocycles. The number of nitrogens with one attached hydrogen (secondary N) is 1. The summed E-state index contributed by atoms with van der Waals surface area (Å²) in [6.45, 7) is 6.10. The van der Waals surface area contributed by atoms with Crippen LogP contribution in [0.2, 0.25) is 0 Å². The van der Waals surface area contributed by atoms with E-state index in [0.29, 0.717) is 12.0 Å². The Morgan fingerprint density at radius 3 is 2.09 bits per heavy atom. The van der Waals surface area contributed by atoms with Gasteiger partial charge in [0.1, 0.15) is 0 Å². The van der Waals surface area contributed by atoms with Crippen LogP contribution in [-0.4, -0.2) is 11.9 Å². The lowest BCUT2D eigenvalue weighted by Gasteiger charge is -2.32. The summed E-state index contributed by atoms with van der Waals surface area (Å²) in [6, 6.07) is 10.3. The van der Waals surface area contributed by atoms with Crippen LogP contribution in [0.25, 0.3) is 0 Å². The fraction of sp³-hybridized carbons (Fsp3) is 0.700. The monoisotopic (exact) mass is 383 g/mol. The van der Waals surface area contributed by atoms with Crippen LogP contribution < -0.4 is 5.48 Å². The van der Waals surface area contributed by atoms with Gasteiger partial charge in [-0.2, -0.15) is 0 Å². The molecule has 132 valence electrons. The smallest absolute Gasteiger partial charge is 0.0933 e. The third-order valence-electron chi connectivity index (χ3n) is 4.54. The summed E-state index contributed by atoms with van der Waals surface area (Å²) in [5.74, 6) is 0. The fourth-order valence-corrected chi connectivity index (χ4v) is 3.65. The average molecular weight is 384 g/mol. The largest absolute Gasteiger partial charge is 0.297 e. The van der Waals surface area contributed by atoms with Crippen molar-refractivity contribution in [1.82, 2.24) is 5.48 Å². The molecule has 0 amide bonds. The predicted molar refractivity (Wildman–Crippen MR) is 104 cm³/mol. The molecule has 0 saturated carbocycles. The Balaban J connectivity index is 2.42. The molecule has 0 bridgehead atoms. The Labute approximate surface area is 151 Å². The number of hydrogen-bond acceptors (Lipinski definition) is 2. The summed E-state index contributed by atoms with van der Waals surface area (Å²) in [6.07, 6.45) is 10.4. The molecule has 0 radical (unpaired) electrons. The topological polar surface area (TPSA) is 21.3 Å². The van der Waals surface area contributed by atoms with Crippen LogP contribution in [0.4, 0.5) is 0 Å². The van der Waals surface area contributed by atoms with Crippen LogP contribution in [0.5, 0.6) is 0 Å². The van der Waals surface area contributed by atoms with Crippen molar-refractivity contribution in [2.75, 3.05) is 11.9 Å². The summed E-state index contributed by atoms with van der Waals surface area (Å²) in [5, 5.41) is 1.05. The number of halogens is 1. The van der Waals surface area contributed by atoms with Crippen molar-refractivity contribution in [3.8, 4) is 0 Å². The number of unbranched alkanes of at least 4 members (excludes halogenated alkanes) is 4. The van der Waals surface area contributed by atoms with Crippen LogP contribution in [0.3, 0.4) is 0 Å². The van der Waals surface area contributed by atoms with Crippen molar-refractivity contribution in [3.05, 3.63) is 35.9 Å². The average Bonchev–Trinajstić information content (AvgIpc) is 2.59. The lowest BCUT2D eigenvalue weighted by atomic mass is 9.80. The Kier molecular flexibility index (Phi) is 11.7. The summed E-state index contributed by atoms with van der Waals surface area (Å²) >= 11 is 3.78. The lowest BCUT2D eigenvalue weighted by molar-refractivity contribution is 0.00357. The molecule has 23 heavy (non-hydrogen) atoms. The van der Waals surface area contributed by atoms with Crippen LogP contribution in [0, 0.1) is 5.41 Å². The van der Waals surface area contributed by atoms with E-state index in [2.05, 4.69) is 59.5 Å². The minimum atomic E-state index is 0.320. The molecule has 1 aromatic rings. The van der Waals surface area contributed by atoms with Crippen molar-refractivity contribution in [2.45, 2.75) is 71.8 Å². The van der Waals surface area contributed by atoms with Crippen LogP contribution >= 0.6 is 15.9 Å². The molecule has 0 spiro atoms. The highest BCUT2D eigenvalue weighted by Gasteiger charge is 2.27. The van der Waals surface area contributed by atoms with Gasteiger partial charge >= 0.3 is 0 Å². The number of rotatable bonds is 14. The zero-order valence-corrected chi connectivity index (χ0v) is 16.5. The van der Waals surface area contributed by atoms with Gasteiger partial charge in [-0.3, -0.25) is 4.84 Å². The first kappa shape index (κ1) is 20.7. The van der Waals surface area contributed by atoms with Gasteiger partial charge in [-0.15, -0.1) is 0 Å². The standard InChI is InChI=1S/C20H34BrNO/c1-3-5-10-14-20(17-21,15-11-6-4-2)18-22-23-16-19-12-8-7-9-13-19/h7-9,12-13,22H,3-6,10-11,14-18H2,1-2H3. The predicted octanol–water partition coefficient (Wildman–Crippen LogP) is 6.25. The quantitative estimate of drug-likeness (QED) is 0.233. The van der Waals surface area contributed by atoms with Crippen molar-refractivity contribution in [2.24, 2.45) is 5.41 Å². The molecular weight excluding hydrogens is 350 g/mol. The summed E-state index contributed by atoms with van der Waals surface area (Å²) < 4.78 is 0. The maximum Gasteiger partial charge on any atom is 0.0933 e. The molecule has 0 aliphatic heterocycles. The molecule has 0 aliphatic rings. The van der Waals surface area contributed by atoms with E-state index in [1.165, 1.54) is 56.9 Å². The third kappa shape index (κ3) is 8.88. The molecule has 0 fully saturated rings. The van der Waals surface area contributed by atoms with E-state index in [-0.39, 0.29) is 0 Å². The maximum atomic E-state index is 5.72. The Morgan fingerprint density at radius 2 is 1.57 bits per heavy atom. The maximum absolute atomic E-state index is 5.72. The van der Waals surface area contributed by atoms with Crippen molar-refractivity contribution < 1.29 is 4.84 Å². The summed E-state index contributed by atoms with van der Waals surface area (Å²) in [4.78, 5) is 5.72. The molecule has 0 heterocycles. The van der Waals surface area contributed by atoms with Gasteiger partial charge in [-0.05, 0) is 23.8 Å². The van der Waals surface area contributed by atoms with E-state index in [0.717, 1.165) is 11.9 Å². The molecule has 0 atom stereocenters. The van der Waals surface area contributed by atoms with Gasteiger partial charge in [0, 0.05) is 11.9 Å². The fourth-order valence-electron chi connectivity index (χ4n) is 2.90. The van der Waals surface area contributed by atoms with Gasteiger partial charge in [-0.25, -0.2) is 5.48 Å². The highest BCUT2D eigenvalue weighted by molar-refractivity contribution is 9.09. The van der Waals surface area contributed by atoms with E-state index in [1.54, 1.807) is 0 Å².